The average molecular weight is 277 g/mol. The highest BCUT2D eigenvalue weighted by atomic mass is 35.5. The van der Waals surface area contributed by atoms with Crippen LogP contribution in [0, 0.1) is 0 Å². The summed E-state index contributed by atoms with van der Waals surface area (Å²) in [5.74, 6) is -1.04. The second-order valence-electron chi connectivity index (χ2n) is 4.07. The van der Waals surface area contributed by atoms with E-state index in [9.17, 15) is 9.90 Å². The fraction of sp³-hybridized carbons (Fsp3) is 0.133. The Balaban J connectivity index is 2.08. The molecule has 4 heteroatoms. The molecule has 0 fully saturated rings. The Morgan fingerprint density at radius 1 is 1.16 bits per heavy atom. The number of carboxylic acids is 1. The van der Waals surface area contributed by atoms with E-state index in [0.29, 0.717) is 10.8 Å². The zero-order valence-corrected chi connectivity index (χ0v) is 10.9. The molecular weight excluding hydrogens is 264 g/mol. The summed E-state index contributed by atoms with van der Waals surface area (Å²) in [7, 11) is 0. The van der Waals surface area contributed by atoms with Crippen LogP contribution < -0.4 is 4.74 Å². The van der Waals surface area contributed by atoms with Gasteiger partial charge in [-0.2, -0.15) is 0 Å². The summed E-state index contributed by atoms with van der Waals surface area (Å²) >= 11 is 5.84. The molecule has 3 nitrogen and oxygen atoms in total. The van der Waals surface area contributed by atoms with E-state index in [-0.39, 0.29) is 6.61 Å². The third kappa shape index (κ3) is 3.73. The Hall–Kier alpha value is -2.00. The van der Waals surface area contributed by atoms with Gasteiger partial charge in [-0.3, -0.25) is 4.79 Å². The highest BCUT2D eigenvalue weighted by molar-refractivity contribution is 6.30. The van der Waals surface area contributed by atoms with Crippen LogP contribution in [0.4, 0.5) is 0 Å². The second-order valence-corrected chi connectivity index (χ2v) is 4.51. The van der Waals surface area contributed by atoms with E-state index < -0.39 is 11.9 Å². The lowest BCUT2D eigenvalue weighted by Crippen LogP contribution is -2.19. The van der Waals surface area contributed by atoms with Crippen molar-refractivity contribution < 1.29 is 14.6 Å². The lowest BCUT2D eigenvalue weighted by atomic mass is 10.0. The van der Waals surface area contributed by atoms with E-state index in [1.165, 1.54) is 0 Å². The summed E-state index contributed by atoms with van der Waals surface area (Å²) in [5, 5.41) is 9.81. The lowest BCUT2D eigenvalue weighted by molar-refractivity contribution is -0.139. The summed E-state index contributed by atoms with van der Waals surface area (Å²) in [6.45, 7) is 0.0691. The molecular formula is C15H13ClO3. The number of aliphatic carboxylic acids is 1. The maximum Gasteiger partial charge on any atom is 0.314 e. The molecule has 2 rings (SSSR count). The van der Waals surface area contributed by atoms with Crippen molar-refractivity contribution >= 4 is 17.6 Å². The zero-order valence-electron chi connectivity index (χ0n) is 10.1. The van der Waals surface area contributed by atoms with Crippen molar-refractivity contribution in [3.05, 3.63) is 65.2 Å². The smallest absolute Gasteiger partial charge is 0.314 e. The monoisotopic (exact) mass is 276 g/mol. The van der Waals surface area contributed by atoms with Gasteiger partial charge in [0.25, 0.3) is 0 Å². The molecule has 0 spiro atoms. The standard InChI is InChI=1S/C15H13ClO3/c16-12-7-4-8-13(9-12)19-10-14(15(17)18)11-5-2-1-3-6-11/h1-9,14H,10H2,(H,17,18). The van der Waals surface area contributed by atoms with Gasteiger partial charge in [0, 0.05) is 5.02 Å². The van der Waals surface area contributed by atoms with E-state index in [0.717, 1.165) is 5.56 Å². The SMILES string of the molecule is O=C(O)C(COc1cccc(Cl)c1)c1ccccc1. The Bertz CT molecular complexity index is 554. The van der Waals surface area contributed by atoms with Crippen molar-refractivity contribution in [2.24, 2.45) is 0 Å². The number of carbonyl (C=O) groups is 1. The zero-order chi connectivity index (χ0) is 13.7. The maximum absolute atomic E-state index is 11.3. The molecule has 0 aliphatic carbocycles. The number of halogens is 1. The molecule has 0 radical (unpaired) electrons. The fourth-order valence-electron chi connectivity index (χ4n) is 1.73. The molecule has 2 aromatic rings. The molecule has 0 aliphatic rings. The van der Waals surface area contributed by atoms with Gasteiger partial charge in [0.15, 0.2) is 0 Å². The van der Waals surface area contributed by atoms with Crippen molar-refractivity contribution in [2.75, 3.05) is 6.61 Å². The van der Waals surface area contributed by atoms with Gasteiger partial charge >= 0.3 is 5.97 Å². The number of carboxylic acid groups (broad SMARTS) is 1. The first kappa shape index (κ1) is 13.4. The molecule has 0 heterocycles. The van der Waals surface area contributed by atoms with E-state index in [4.69, 9.17) is 16.3 Å². The van der Waals surface area contributed by atoms with E-state index in [1.54, 1.807) is 36.4 Å². The average Bonchev–Trinajstić information content (AvgIpc) is 2.40. The third-order valence-corrected chi connectivity index (χ3v) is 2.95. The number of hydrogen-bond donors (Lipinski definition) is 1. The van der Waals surface area contributed by atoms with Crippen molar-refractivity contribution in [1.29, 1.82) is 0 Å². The van der Waals surface area contributed by atoms with E-state index in [2.05, 4.69) is 0 Å². The van der Waals surface area contributed by atoms with Crippen LogP contribution in [0.3, 0.4) is 0 Å². The van der Waals surface area contributed by atoms with Crippen LogP contribution in [-0.2, 0) is 4.79 Å². The molecule has 98 valence electrons. The third-order valence-electron chi connectivity index (χ3n) is 2.71. The van der Waals surface area contributed by atoms with Gasteiger partial charge in [0.2, 0.25) is 0 Å². The predicted octanol–water partition coefficient (Wildman–Crippen LogP) is 3.59. The minimum atomic E-state index is -0.909. The van der Waals surface area contributed by atoms with Gasteiger partial charge in [-0.05, 0) is 23.8 Å². The Labute approximate surface area is 116 Å². The highest BCUT2D eigenvalue weighted by Crippen LogP contribution is 2.21. The van der Waals surface area contributed by atoms with Crippen LogP contribution in [0.2, 0.25) is 5.02 Å². The molecule has 0 aromatic heterocycles. The predicted molar refractivity (Wildman–Crippen MR) is 73.8 cm³/mol. The summed E-state index contributed by atoms with van der Waals surface area (Å²) in [6.07, 6.45) is 0. The van der Waals surface area contributed by atoms with Crippen LogP contribution in [-0.4, -0.2) is 17.7 Å². The lowest BCUT2D eigenvalue weighted by Gasteiger charge is -2.14. The Morgan fingerprint density at radius 2 is 1.89 bits per heavy atom. The summed E-state index contributed by atoms with van der Waals surface area (Å²) in [5.41, 5.74) is 0.719. The summed E-state index contributed by atoms with van der Waals surface area (Å²) < 4.78 is 5.50. The molecule has 1 atom stereocenters. The topological polar surface area (TPSA) is 46.5 Å². The molecule has 0 bridgehead atoms. The quantitative estimate of drug-likeness (QED) is 0.908. The van der Waals surface area contributed by atoms with Gasteiger partial charge in [0.1, 0.15) is 18.3 Å². The molecule has 1 N–H and O–H groups in total. The van der Waals surface area contributed by atoms with Crippen molar-refractivity contribution in [2.45, 2.75) is 5.92 Å². The first-order valence-corrected chi connectivity index (χ1v) is 6.21. The van der Waals surface area contributed by atoms with Crippen LogP contribution in [0.5, 0.6) is 5.75 Å². The van der Waals surface area contributed by atoms with Gasteiger partial charge in [-0.25, -0.2) is 0 Å². The highest BCUT2D eigenvalue weighted by Gasteiger charge is 2.20. The van der Waals surface area contributed by atoms with Crippen LogP contribution in [0.1, 0.15) is 11.5 Å². The van der Waals surface area contributed by atoms with Crippen LogP contribution in [0.15, 0.2) is 54.6 Å². The molecule has 0 amide bonds. The van der Waals surface area contributed by atoms with Crippen LogP contribution >= 0.6 is 11.6 Å². The van der Waals surface area contributed by atoms with Crippen molar-refractivity contribution in [3.8, 4) is 5.75 Å². The van der Waals surface area contributed by atoms with Gasteiger partial charge in [0.05, 0.1) is 0 Å². The second kappa shape index (κ2) is 6.25. The molecule has 0 saturated carbocycles. The van der Waals surface area contributed by atoms with E-state index >= 15 is 0 Å². The molecule has 2 aromatic carbocycles. The molecule has 1 unspecified atom stereocenters. The fourth-order valence-corrected chi connectivity index (χ4v) is 1.91. The Morgan fingerprint density at radius 3 is 2.53 bits per heavy atom. The number of hydrogen-bond acceptors (Lipinski definition) is 2. The maximum atomic E-state index is 11.3. The van der Waals surface area contributed by atoms with Gasteiger partial charge in [-0.1, -0.05) is 48.0 Å². The largest absolute Gasteiger partial charge is 0.492 e. The summed E-state index contributed by atoms with van der Waals surface area (Å²) in [6, 6.07) is 15.9. The number of rotatable bonds is 5. The van der Waals surface area contributed by atoms with Gasteiger partial charge in [-0.15, -0.1) is 0 Å². The number of ether oxygens (including phenoxy) is 1. The minimum absolute atomic E-state index is 0.0691. The minimum Gasteiger partial charge on any atom is -0.492 e. The number of benzene rings is 2. The first-order valence-electron chi connectivity index (χ1n) is 5.83. The Kier molecular flexibility index (Phi) is 4.42. The van der Waals surface area contributed by atoms with Crippen LogP contribution in [0.25, 0.3) is 0 Å². The molecule has 19 heavy (non-hydrogen) atoms. The molecule has 0 aliphatic heterocycles. The normalized spacial score (nSPS) is 11.8. The molecule has 0 saturated heterocycles. The first-order chi connectivity index (χ1) is 9.16. The van der Waals surface area contributed by atoms with E-state index in [1.807, 2.05) is 18.2 Å². The van der Waals surface area contributed by atoms with Crippen molar-refractivity contribution in [3.63, 3.8) is 0 Å². The van der Waals surface area contributed by atoms with Crippen molar-refractivity contribution in [1.82, 2.24) is 0 Å². The summed E-state index contributed by atoms with van der Waals surface area (Å²) in [4.78, 5) is 11.3. The van der Waals surface area contributed by atoms with Gasteiger partial charge < -0.3 is 9.84 Å².